The molecule has 0 aromatic carbocycles. The number of nitrogens with one attached hydrogen (secondary N) is 1. The Labute approximate surface area is 476 Å². The fourth-order valence-corrected chi connectivity index (χ4v) is 9.54. The molecule has 1 saturated heterocycles. The van der Waals surface area contributed by atoms with E-state index in [0.29, 0.717) is 19.3 Å². The van der Waals surface area contributed by atoms with Gasteiger partial charge in [0.05, 0.1) is 25.4 Å². The number of esters is 1. The van der Waals surface area contributed by atoms with Crippen molar-refractivity contribution in [3.8, 4) is 0 Å². The Morgan fingerprint density at radius 2 is 0.923 bits per heavy atom. The third-order valence-electron chi connectivity index (χ3n) is 14.6. The lowest BCUT2D eigenvalue weighted by molar-refractivity contribution is -0.305. The average Bonchev–Trinajstić information content (AvgIpc) is 3.44. The Morgan fingerprint density at radius 1 is 0.513 bits per heavy atom. The van der Waals surface area contributed by atoms with Crippen molar-refractivity contribution in [1.82, 2.24) is 5.32 Å². The van der Waals surface area contributed by atoms with E-state index in [2.05, 4.69) is 92.9 Å². The number of rotatable bonds is 53. The first-order valence-electron chi connectivity index (χ1n) is 31.9. The Morgan fingerprint density at radius 3 is 1.37 bits per heavy atom. The first-order valence-corrected chi connectivity index (χ1v) is 31.9. The molecular weight excluding hydrogens is 979 g/mol. The number of aliphatic hydroxyl groups is 5. The molecule has 1 aliphatic heterocycles. The first kappa shape index (κ1) is 72.9. The second kappa shape index (κ2) is 54.4. The molecule has 0 aliphatic carbocycles. The van der Waals surface area contributed by atoms with Crippen LogP contribution in [0.5, 0.6) is 0 Å². The second-order valence-corrected chi connectivity index (χ2v) is 21.8. The van der Waals surface area contributed by atoms with Crippen LogP contribution in [-0.2, 0) is 23.8 Å². The van der Waals surface area contributed by atoms with E-state index in [4.69, 9.17) is 14.2 Å². The number of hydrogen-bond donors (Lipinski definition) is 6. The zero-order chi connectivity index (χ0) is 56.8. The van der Waals surface area contributed by atoms with Crippen molar-refractivity contribution in [3.05, 3.63) is 85.1 Å². The normalized spacial score (nSPS) is 19.5. The zero-order valence-corrected chi connectivity index (χ0v) is 49.8. The molecular formula is C67H117NO10. The van der Waals surface area contributed by atoms with E-state index >= 15 is 0 Å². The molecule has 1 rings (SSSR count). The highest BCUT2D eigenvalue weighted by Gasteiger charge is 2.47. The minimum Gasteiger partial charge on any atom is -0.454 e. The molecule has 0 saturated carbocycles. The lowest BCUT2D eigenvalue weighted by Gasteiger charge is -2.41. The predicted octanol–water partition coefficient (Wildman–Crippen LogP) is 15.3. The highest BCUT2D eigenvalue weighted by atomic mass is 16.7. The highest BCUT2D eigenvalue weighted by Crippen LogP contribution is 2.26. The number of hydrogen-bond acceptors (Lipinski definition) is 10. The average molecular weight is 1100 g/mol. The summed E-state index contributed by atoms with van der Waals surface area (Å²) in [4.78, 5) is 26.6. The smallest absolute Gasteiger partial charge is 0.306 e. The number of carbonyl (C=O) groups excluding carboxylic acids is 2. The molecule has 11 nitrogen and oxygen atoms in total. The van der Waals surface area contributed by atoms with Gasteiger partial charge in [-0.15, -0.1) is 0 Å². The van der Waals surface area contributed by atoms with Crippen molar-refractivity contribution in [2.24, 2.45) is 0 Å². The van der Waals surface area contributed by atoms with Gasteiger partial charge in [-0.05, 0) is 77.0 Å². The van der Waals surface area contributed by atoms with E-state index in [1.807, 2.05) is 12.2 Å². The van der Waals surface area contributed by atoms with Crippen LogP contribution in [0.3, 0.4) is 0 Å². The Kier molecular flexibility index (Phi) is 50.8. The van der Waals surface area contributed by atoms with Crippen LogP contribution >= 0.6 is 0 Å². The molecule has 1 amide bonds. The number of ether oxygens (including phenoxy) is 3. The second-order valence-electron chi connectivity index (χ2n) is 21.8. The molecule has 8 atom stereocenters. The van der Waals surface area contributed by atoms with E-state index in [1.165, 1.54) is 128 Å². The van der Waals surface area contributed by atoms with Gasteiger partial charge < -0.3 is 45.1 Å². The van der Waals surface area contributed by atoms with Gasteiger partial charge in [0.15, 0.2) is 12.4 Å². The van der Waals surface area contributed by atoms with Crippen LogP contribution in [0.25, 0.3) is 0 Å². The monoisotopic (exact) mass is 1100 g/mol. The zero-order valence-electron chi connectivity index (χ0n) is 49.8. The topological polar surface area (TPSA) is 175 Å². The Balaban J connectivity index is 2.71. The van der Waals surface area contributed by atoms with Crippen molar-refractivity contribution < 1.29 is 49.3 Å². The Bertz CT molecular complexity index is 1590. The molecule has 6 N–H and O–H groups in total. The van der Waals surface area contributed by atoms with Gasteiger partial charge in [0, 0.05) is 6.42 Å². The van der Waals surface area contributed by atoms with E-state index in [-0.39, 0.29) is 19.4 Å². The van der Waals surface area contributed by atoms with Crippen LogP contribution in [0.1, 0.15) is 265 Å². The van der Waals surface area contributed by atoms with Crippen LogP contribution in [0.2, 0.25) is 0 Å². The summed E-state index contributed by atoms with van der Waals surface area (Å²) in [7, 11) is 0. The molecule has 78 heavy (non-hydrogen) atoms. The van der Waals surface area contributed by atoms with E-state index in [0.717, 1.165) is 83.5 Å². The minimum absolute atomic E-state index is 0.118. The number of allylic oxidation sites excluding steroid dienone is 13. The highest BCUT2D eigenvalue weighted by molar-refractivity contribution is 5.80. The van der Waals surface area contributed by atoms with Crippen LogP contribution in [0, 0.1) is 0 Å². The fraction of sp³-hybridized carbons (Fsp3) is 0.761. The van der Waals surface area contributed by atoms with Crippen molar-refractivity contribution >= 4 is 11.9 Å². The summed E-state index contributed by atoms with van der Waals surface area (Å²) in [5.41, 5.74) is 0. The maximum Gasteiger partial charge on any atom is 0.306 e. The summed E-state index contributed by atoms with van der Waals surface area (Å²) in [6, 6.07) is -1.05. The van der Waals surface area contributed by atoms with Crippen LogP contribution in [0.4, 0.5) is 0 Å². The SMILES string of the molecule is CC/C=C\C/C=C\C/C=C\C/C=C\C/C=C\C/C=C\CCCC(O)C(=O)NC(COC1OC(CO)C(O)C(O)C1OC(=O)CCCCCCCCCCCCCCCCCCC)C(O)/C=C/CCCCCCCCCCCC. The quantitative estimate of drug-likeness (QED) is 0.0195. The van der Waals surface area contributed by atoms with Crippen LogP contribution in [0.15, 0.2) is 85.1 Å². The molecule has 0 radical (unpaired) electrons. The number of aliphatic hydroxyl groups excluding tert-OH is 5. The molecule has 1 heterocycles. The molecule has 0 aromatic heterocycles. The summed E-state index contributed by atoms with van der Waals surface area (Å²) in [5, 5.41) is 57.0. The predicted molar refractivity (Wildman–Crippen MR) is 324 cm³/mol. The lowest BCUT2D eigenvalue weighted by atomic mass is 9.99. The van der Waals surface area contributed by atoms with Crippen molar-refractivity contribution in [2.45, 2.75) is 314 Å². The van der Waals surface area contributed by atoms with Crippen LogP contribution in [-0.4, -0.2) is 99.6 Å². The van der Waals surface area contributed by atoms with E-state index < -0.39 is 67.4 Å². The molecule has 1 fully saturated rings. The van der Waals surface area contributed by atoms with Gasteiger partial charge in [-0.25, -0.2) is 0 Å². The summed E-state index contributed by atoms with van der Waals surface area (Å²) < 4.78 is 17.6. The molecule has 11 heteroatoms. The maximum atomic E-state index is 13.4. The minimum atomic E-state index is -1.62. The largest absolute Gasteiger partial charge is 0.454 e. The van der Waals surface area contributed by atoms with Gasteiger partial charge in [0.1, 0.15) is 24.4 Å². The summed E-state index contributed by atoms with van der Waals surface area (Å²) >= 11 is 0. The molecule has 0 bridgehead atoms. The number of unbranched alkanes of at least 4 members (excludes halogenated alkanes) is 27. The van der Waals surface area contributed by atoms with Gasteiger partial charge in [-0.1, -0.05) is 266 Å². The van der Waals surface area contributed by atoms with E-state index in [1.54, 1.807) is 6.08 Å². The van der Waals surface area contributed by atoms with Crippen LogP contribution < -0.4 is 5.32 Å². The number of amides is 1. The standard InChI is InChI=1S/C67H117NO10/c1-4-7-10-13-16-19-22-25-27-29-30-31-33-34-36-39-42-45-48-51-54-60(71)66(75)68-58(59(70)53-50-47-44-41-38-24-21-18-15-12-9-6-3)57-76-67-65(64(74)63(73)61(56-69)77-67)78-62(72)55-52-49-46-43-40-37-35-32-28-26-23-20-17-14-11-8-5-2/h7,10,16,19,25,27,30-31,34,36,42,45,50,53,58-61,63-65,67,69-71,73-74H,4-6,8-9,11-15,17-18,20-24,26,28-29,32-33,35,37-41,43-44,46-49,51-52,54-57H2,1-3H3,(H,68,75)/b10-7-,19-16-,27-25-,31-30-,36-34-,45-42-,53-50+. The maximum absolute atomic E-state index is 13.4. The Hall–Kier alpha value is -3.16. The molecule has 0 spiro atoms. The van der Waals surface area contributed by atoms with Gasteiger partial charge in [0.2, 0.25) is 5.91 Å². The summed E-state index contributed by atoms with van der Waals surface area (Å²) in [6.07, 6.45) is 60.5. The van der Waals surface area contributed by atoms with Gasteiger partial charge >= 0.3 is 5.97 Å². The van der Waals surface area contributed by atoms with Crippen molar-refractivity contribution in [1.29, 1.82) is 0 Å². The van der Waals surface area contributed by atoms with Crippen molar-refractivity contribution in [3.63, 3.8) is 0 Å². The molecule has 450 valence electrons. The van der Waals surface area contributed by atoms with Gasteiger partial charge in [-0.2, -0.15) is 0 Å². The third-order valence-corrected chi connectivity index (χ3v) is 14.6. The summed E-state index contributed by atoms with van der Waals surface area (Å²) in [6.45, 7) is 5.66. The van der Waals surface area contributed by atoms with E-state index in [9.17, 15) is 35.1 Å². The van der Waals surface area contributed by atoms with Gasteiger partial charge in [-0.3, -0.25) is 9.59 Å². The number of carbonyl (C=O) groups is 2. The molecule has 0 aromatic rings. The van der Waals surface area contributed by atoms with Gasteiger partial charge in [0.25, 0.3) is 0 Å². The summed E-state index contributed by atoms with van der Waals surface area (Å²) in [5.74, 6) is -1.24. The fourth-order valence-electron chi connectivity index (χ4n) is 9.54. The molecule has 1 aliphatic rings. The lowest BCUT2D eigenvalue weighted by Crippen LogP contribution is -2.61. The van der Waals surface area contributed by atoms with Crippen molar-refractivity contribution in [2.75, 3.05) is 13.2 Å². The third kappa shape index (κ3) is 41.8. The first-order chi connectivity index (χ1) is 38.2. The molecule has 8 unspecified atom stereocenters.